The van der Waals surface area contributed by atoms with Crippen LogP contribution in [0.1, 0.15) is 92.5 Å². The van der Waals surface area contributed by atoms with Crippen molar-refractivity contribution in [3.8, 4) is 6.07 Å². The first kappa shape index (κ1) is 36.6. The molecule has 0 amide bonds. The van der Waals surface area contributed by atoms with E-state index < -0.39 is 22.8 Å². The topological polar surface area (TPSA) is 186 Å². The van der Waals surface area contributed by atoms with Gasteiger partial charge in [0, 0.05) is 31.3 Å². The standard InChI is InChI=1S/C37H38ClF3N16/c1-18-24(13-56(51-18)35(3,4)15-42)46-34-47-28(20-7-8-20)26-22(37(39,40)41)12-55(31(26)50-34)16-36(5,32-44-17-54(6)53-32)57-14-25(19(2)52-57)45-33-48-29(21-9-10-21)27-23(38)11-43-30(27)49-33/h11-14,17,20-21H,7-10,16H2,1-6H3,(H,46,47,50)(H2,43,45,48,49). The zero-order valence-corrected chi connectivity index (χ0v) is 32.7. The van der Waals surface area contributed by atoms with Gasteiger partial charge < -0.3 is 20.2 Å². The fraction of sp³-hybridized carbons (Fsp3) is 0.432. The number of alkyl halides is 3. The molecule has 9 rings (SSSR count). The number of anilines is 4. The number of hydrogen-bond acceptors (Lipinski definition) is 11. The molecule has 294 valence electrons. The molecule has 2 aliphatic rings. The maximum atomic E-state index is 15.0. The predicted molar refractivity (Wildman–Crippen MR) is 205 cm³/mol. The van der Waals surface area contributed by atoms with E-state index in [2.05, 4.69) is 46.8 Å². The van der Waals surface area contributed by atoms with Gasteiger partial charge in [-0.2, -0.15) is 43.7 Å². The molecule has 0 aliphatic heterocycles. The van der Waals surface area contributed by atoms with Crippen molar-refractivity contribution in [2.75, 3.05) is 10.6 Å². The zero-order chi connectivity index (χ0) is 40.2. The van der Waals surface area contributed by atoms with E-state index in [0.717, 1.165) is 30.1 Å². The normalized spacial score (nSPS) is 16.0. The molecule has 16 nitrogen and oxygen atoms in total. The lowest BCUT2D eigenvalue weighted by molar-refractivity contribution is -0.136. The van der Waals surface area contributed by atoms with Crippen LogP contribution in [0.25, 0.3) is 22.1 Å². The molecule has 7 aromatic heterocycles. The summed E-state index contributed by atoms with van der Waals surface area (Å²) in [4.78, 5) is 26.6. The molecule has 1 atom stereocenters. The minimum atomic E-state index is -4.70. The minimum absolute atomic E-state index is 0.0488. The van der Waals surface area contributed by atoms with Gasteiger partial charge >= 0.3 is 6.18 Å². The lowest BCUT2D eigenvalue weighted by Gasteiger charge is -2.28. The number of aryl methyl sites for hydroxylation is 3. The van der Waals surface area contributed by atoms with Crippen LogP contribution in [0.5, 0.6) is 0 Å². The molecule has 0 aromatic carbocycles. The number of halogens is 4. The van der Waals surface area contributed by atoms with Crippen LogP contribution in [0.3, 0.4) is 0 Å². The van der Waals surface area contributed by atoms with E-state index in [0.29, 0.717) is 69.7 Å². The summed E-state index contributed by atoms with van der Waals surface area (Å²) in [7, 11) is 1.72. The van der Waals surface area contributed by atoms with Gasteiger partial charge in [-0.15, -0.1) is 0 Å². The third-order valence-electron chi connectivity index (χ3n) is 10.7. The van der Waals surface area contributed by atoms with Crippen molar-refractivity contribution in [3.63, 3.8) is 0 Å². The fourth-order valence-electron chi connectivity index (χ4n) is 7.15. The van der Waals surface area contributed by atoms with Crippen LogP contribution in [0, 0.1) is 25.2 Å². The summed E-state index contributed by atoms with van der Waals surface area (Å²) in [6, 6.07) is 2.22. The van der Waals surface area contributed by atoms with Crippen LogP contribution in [0.15, 0.2) is 31.1 Å². The molecule has 7 heterocycles. The molecule has 7 aromatic rings. The van der Waals surface area contributed by atoms with Crippen molar-refractivity contribution in [1.82, 2.24) is 63.8 Å². The Morgan fingerprint density at radius 1 is 0.860 bits per heavy atom. The van der Waals surface area contributed by atoms with E-state index in [1.807, 2.05) is 13.8 Å². The first-order valence-corrected chi connectivity index (χ1v) is 18.9. The van der Waals surface area contributed by atoms with Crippen LogP contribution in [-0.2, 0) is 30.8 Å². The largest absolute Gasteiger partial charge is 0.418 e. The number of fused-ring (bicyclic) bond motifs is 2. The third kappa shape index (κ3) is 6.41. The van der Waals surface area contributed by atoms with Gasteiger partial charge in [0.2, 0.25) is 11.9 Å². The maximum Gasteiger partial charge on any atom is 0.418 e. The van der Waals surface area contributed by atoms with Crippen LogP contribution in [0.4, 0.5) is 36.4 Å². The molecule has 0 bridgehead atoms. The second-order valence-corrected chi connectivity index (χ2v) is 16.1. The molecule has 20 heteroatoms. The van der Waals surface area contributed by atoms with Crippen molar-refractivity contribution in [2.24, 2.45) is 7.05 Å². The molecule has 57 heavy (non-hydrogen) atoms. The Morgan fingerprint density at radius 3 is 2.04 bits per heavy atom. The van der Waals surface area contributed by atoms with Gasteiger partial charge in [-0.05, 0) is 60.3 Å². The van der Waals surface area contributed by atoms with E-state index in [1.165, 1.54) is 20.3 Å². The Kier molecular flexibility index (Phi) is 8.18. The Morgan fingerprint density at radius 2 is 1.46 bits per heavy atom. The predicted octanol–water partition coefficient (Wildman–Crippen LogP) is 7.48. The first-order valence-electron chi connectivity index (χ1n) is 18.5. The van der Waals surface area contributed by atoms with Crippen molar-refractivity contribution in [3.05, 3.63) is 70.3 Å². The van der Waals surface area contributed by atoms with E-state index in [9.17, 15) is 18.4 Å². The number of aromatic amines is 1. The molecule has 0 saturated heterocycles. The summed E-state index contributed by atoms with van der Waals surface area (Å²) in [5, 5.41) is 31.5. The number of aromatic nitrogens is 13. The summed E-state index contributed by atoms with van der Waals surface area (Å²) in [6.45, 7) is 8.78. The zero-order valence-electron chi connectivity index (χ0n) is 31.9. The molecular weight excluding hydrogens is 761 g/mol. The lowest BCUT2D eigenvalue weighted by Crippen LogP contribution is -2.38. The van der Waals surface area contributed by atoms with Crippen LogP contribution >= 0.6 is 11.6 Å². The SMILES string of the molecule is Cc1nn(C(C)(C)C#N)cc1Nc1nc(C2CC2)c2c(C(F)(F)F)cn(CC(C)(c3ncn(C)n3)n3cc(Nc4nc(C5CC5)c5c(Cl)c[nH]c5n4)c(C)n3)c2n1. The van der Waals surface area contributed by atoms with E-state index in [-0.39, 0.29) is 29.4 Å². The second-order valence-electron chi connectivity index (χ2n) is 15.7. The quantitative estimate of drug-likeness (QED) is 0.118. The van der Waals surface area contributed by atoms with Crippen LogP contribution < -0.4 is 10.6 Å². The van der Waals surface area contributed by atoms with Gasteiger partial charge in [0.15, 0.2) is 5.82 Å². The number of nitrogens with one attached hydrogen (secondary N) is 3. The van der Waals surface area contributed by atoms with E-state index in [1.54, 1.807) is 51.1 Å². The van der Waals surface area contributed by atoms with E-state index in [4.69, 9.17) is 26.7 Å². The number of hydrogen-bond donors (Lipinski definition) is 3. The molecule has 2 fully saturated rings. The highest BCUT2D eigenvalue weighted by Crippen LogP contribution is 2.47. The summed E-state index contributed by atoms with van der Waals surface area (Å²) in [5.74, 6) is 0.921. The van der Waals surface area contributed by atoms with Gasteiger partial charge in [0.05, 0.1) is 80.5 Å². The van der Waals surface area contributed by atoms with Crippen molar-refractivity contribution < 1.29 is 13.2 Å². The Labute approximate surface area is 328 Å². The lowest BCUT2D eigenvalue weighted by atomic mass is 10.0. The third-order valence-corrected chi connectivity index (χ3v) is 11.0. The minimum Gasteiger partial charge on any atom is -0.344 e. The van der Waals surface area contributed by atoms with Crippen LogP contribution in [0.2, 0.25) is 5.02 Å². The maximum absolute atomic E-state index is 15.0. The molecular formula is C37H38ClF3N16. The number of rotatable bonds is 11. The Hall–Kier alpha value is -6.03. The number of H-pyrrole nitrogens is 1. The molecule has 0 radical (unpaired) electrons. The smallest absolute Gasteiger partial charge is 0.344 e. The summed E-state index contributed by atoms with van der Waals surface area (Å²) < 4.78 is 51.1. The molecule has 2 saturated carbocycles. The highest BCUT2D eigenvalue weighted by atomic mass is 35.5. The fourth-order valence-corrected chi connectivity index (χ4v) is 7.39. The summed E-state index contributed by atoms with van der Waals surface area (Å²) >= 11 is 6.48. The Bertz CT molecular complexity index is 2750. The summed E-state index contributed by atoms with van der Waals surface area (Å²) in [6.07, 6.45) is 6.49. The number of nitrogens with zero attached hydrogens (tertiary/aromatic N) is 13. The van der Waals surface area contributed by atoms with E-state index >= 15 is 0 Å². The molecule has 3 N–H and O–H groups in total. The van der Waals surface area contributed by atoms with Gasteiger partial charge in [0.25, 0.3) is 0 Å². The average Bonchev–Trinajstić information content (AvgIpc) is 3.99. The molecule has 2 aliphatic carbocycles. The van der Waals surface area contributed by atoms with Gasteiger partial charge in [-0.3, -0.25) is 14.0 Å². The first-order chi connectivity index (χ1) is 27.0. The molecule has 1 unspecified atom stereocenters. The monoisotopic (exact) mass is 798 g/mol. The summed E-state index contributed by atoms with van der Waals surface area (Å²) in [5.41, 5.74) is 1.16. The Balaban J connectivity index is 1.15. The number of nitriles is 1. The molecule has 0 spiro atoms. The van der Waals surface area contributed by atoms with Crippen molar-refractivity contribution >= 4 is 56.9 Å². The van der Waals surface area contributed by atoms with Gasteiger partial charge in [-0.1, -0.05) is 11.6 Å². The highest BCUT2D eigenvalue weighted by Gasteiger charge is 2.42. The highest BCUT2D eigenvalue weighted by molar-refractivity contribution is 6.35. The van der Waals surface area contributed by atoms with Crippen molar-refractivity contribution in [1.29, 1.82) is 5.26 Å². The second kappa shape index (κ2) is 12.7. The average molecular weight is 799 g/mol. The van der Waals surface area contributed by atoms with Gasteiger partial charge in [0.1, 0.15) is 28.7 Å². The van der Waals surface area contributed by atoms with Crippen LogP contribution in [-0.4, -0.2) is 63.8 Å². The van der Waals surface area contributed by atoms with Gasteiger partial charge in [-0.25, -0.2) is 15.0 Å². The van der Waals surface area contributed by atoms with Crippen molar-refractivity contribution in [2.45, 2.75) is 95.9 Å².